The monoisotopic (exact) mass is 527 g/mol. The molecular weight excluding hydrogens is 514 g/mol. The minimum Gasteiger partial charge on any atom is -0.267 e. The number of halogens is 2. The molecule has 0 atom stereocenters. The number of thiazole rings is 1. The summed E-state index contributed by atoms with van der Waals surface area (Å²) in [5, 5.41) is 6.38. The molecule has 144 valence electrons. The van der Waals surface area contributed by atoms with Gasteiger partial charge in [-0.3, -0.25) is 4.79 Å². The van der Waals surface area contributed by atoms with Crippen molar-refractivity contribution in [3.05, 3.63) is 92.4 Å². The fraction of sp³-hybridized carbons (Fsp3) is 0.0455. The Morgan fingerprint density at radius 1 is 1.00 bits per heavy atom. The summed E-state index contributed by atoms with van der Waals surface area (Å²) in [5.41, 5.74) is 3.44. The highest BCUT2D eigenvalue weighted by atomic mass is 79.9. The summed E-state index contributed by atoms with van der Waals surface area (Å²) in [4.78, 5) is 17.9. The lowest BCUT2D eigenvalue weighted by molar-refractivity contribution is 0.0988. The first-order chi connectivity index (χ1) is 14.0. The highest BCUT2D eigenvalue weighted by molar-refractivity contribution is 9.10. The second-order valence-corrected chi connectivity index (χ2v) is 9.23. The molecule has 0 fully saturated rings. The molecule has 7 heteroatoms. The third kappa shape index (κ3) is 4.63. The molecule has 4 rings (SSSR count). The number of carbonyl (C=O) groups excluding carboxylic acids is 1. The van der Waals surface area contributed by atoms with Gasteiger partial charge in [-0.15, -0.1) is 0 Å². The predicted molar refractivity (Wildman–Crippen MR) is 127 cm³/mol. The van der Waals surface area contributed by atoms with E-state index in [0.717, 1.165) is 24.7 Å². The fourth-order valence-electron chi connectivity index (χ4n) is 2.66. The van der Waals surface area contributed by atoms with Crippen molar-refractivity contribution in [1.29, 1.82) is 0 Å². The molecule has 0 saturated heterocycles. The summed E-state index contributed by atoms with van der Waals surface area (Å²) >= 11 is 8.31. The molecule has 0 saturated carbocycles. The van der Waals surface area contributed by atoms with Crippen LogP contribution < -0.4 is 5.01 Å². The van der Waals surface area contributed by atoms with Gasteiger partial charge < -0.3 is 0 Å². The van der Waals surface area contributed by atoms with Gasteiger partial charge in [0, 0.05) is 14.5 Å². The largest absolute Gasteiger partial charge is 0.280 e. The third-order valence-electron chi connectivity index (χ3n) is 4.20. The molecular formula is C22H15Br2N3OS. The van der Waals surface area contributed by atoms with Gasteiger partial charge in [0.1, 0.15) is 0 Å². The molecule has 0 spiro atoms. The minimum absolute atomic E-state index is 0.237. The second-order valence-electron chi connectivity index (χ2n) is 6.39. The first-order valence-corrected chi connectivity index (χ1v) is 11.2. The number of hydrogen-bond donors (Lipinski definition) is 0. The van der Waals surface area contributed by atoms with E-state index in [1.807, 2.05) is 61.5 Å². The number of aromatic nitrogens is 1. The normalized spacial score (nSPS) is 11.3. The Labute approximate surface area is 189 Å². The second kappa shape index (κ2) is 8.57. The van der Waals surface area contributed by atoms with Crippen LogP contribution in [-0.2, 0) is 0 Å². The average Bonchev–Trinajstić information content (AvgIpc) is 3.12. The molecule has 0 bridgehead atoms. The highest BCUT2D eigenvalue weighted by Crippen LogP contribution is 2.32. The van der Waals surface area contributed by atoms with Crippen LogP contribution in [0.5, 0.6) is 0 Å². The molecule has 0 unspecified atom stereocenters. The van der Waals surface area contributed by atoms with Crippen LogP contribution in [0.15, 0.2) is 80.8 Å². The van der Waals surface area contributed by atoms with E-state index in [-0.39, 0.29) is 5.91 Å². The van der Waals surface area contributed by atoms with E-state index in [0.29, 0.717) is 10.7 Å². The van der Waals surface area contributed by atoms with Crippen molar-refractivity contribution in [3.63, 3.8) is 0 Å². The van der Waals surface area contributed by atoms with Crippen molar-refractivity contribution >= 4 is 70.7 Å². The Morgan fingerprint density at radius 2 is 1.69 bits per heavy atom. The van der Waals surface area contributed by atoms with Crippen molar-refractivity contribution in [2.75, 3.05) is 5.01 Å². The maximum Gasteiger partial charge on any atom is 0.280 e. The molecule has 0 aliphatic carbocycles. The molecule has 4 aromatic rings. The standard InChI is InChI=1S/C22H15Br2N3OS/c1-14-2-4-15(5-3-14)13-25-27(21(28)16-6-8-17(23)9-7-16)22-26-19-11-10-18(24)12-20(19)29-22/h2-13H,1H3/b25-13+. The van der Waals surface area contributed by atoms with Crippen LogP contribution in [0, 0.1) is 6.92 Å². The van der Waals surface area contributed by atoms with E-state index in [1.54, 1.807) is 18.3 Å². The van der Waals surface area contributed by atoms with Crippen LogP contribution in [0.2, 0.25) is 0 Å². The van der Waals surface area contributed by atoms with Crippen LogP contribution in [0.1, 0.15) is 21.5 Å². The number of carbonyl (C=O) groups is 1. The van der Waals surface area contributed by atoms with Gasteiger partial charge in [0.15, 0.2) is 0 Å². The van der Waals surface area contributed by atoms with Crippen molar-refractivity contribution in [3.8, 4) is 0 Å². The zero-order valence-corrected chi connectivity index (χ0v) is 19.3. The third-order valence-corrected chi connectivity index (χ3v) is 6.22. The van der Waals surface area contributed by atoms with Crippen LogP contribution >= 0.6 is 43.2 Å². The Balaban J connectivity index is 1.75. The molecule has 1 amide bonds. The van der Waals surface area contributed by atoms with E-state index in [1.165, 1.54) is 21.9 Å². The van der Waals surface area contributed by atoms with Gasteiger partial charge >= 0.3 is 0 Å². The Hall–Kier alpha value is -2.35. The predicted octanol–water partition coefficient (Wildman–Crippen LogP) is 6.81. The molecule has 0 aliphatic heterocycles. The first-order valence-electron chi connectivity index (χ1n) is 8.76. The fourth-order valence-corrected chi connectivity index (χ4v) is 4.40. The Bertz CT molecular complexity index is 1200. The van der Waals surface area contributed by atoms with Crippen molar-refractivity contribution in [2.45, 2.75) is 6.92 Å². The molecule has 4 nitrogen and oxygen atoms in total. The van der Waals surface area contributed by atoms with Crippen LogP contribution in [0.25, 0.3) is 10.2 Å². The van der Waals surface area contributed by atoms with Gasteiger partial charge in [0.05, 0.1) is 16.4 Å². The van der Waals surface area contributed by atoms with Crippen LogP contribution in [-0.4, -0.2) is 17.1 Å². The lowest BCUT2D eigenvalue weighted by atomic mass is 10.2. The van der Waals surface area contributed by atoms with E-state index in [2.05, 4.69) is 41.9 Å². The number of nitrogens with zero attached hydrogens (tertiary/aromatic N) is 3. The number of hydrazone groups is 1. The molecule has 1 heterocycles. The van der Waals surface area contributed by atoms with Crippen molar-refractivity contribution in [2.24, 2.45) is 5.10 Å². The van der Waals surface area contributed by atoms with Gasteiger partial charge in [-0.25, -0.2) is 4.98 Å². The van der Waals surface area contributed by atoms with Gasteiger partial charge in [0.2, 0.25) is 5.13 Å². The number of anilines is 1. The van der Waals surface area contributed by atoms with E-state index < -0.39 is 0 Å². The number of fused-ring (bicyclic) bond motifs is 1. The summed E-state index contributed by atoms with van der Waals surface area (Å²) in [6, 6.07) is 21.0. The summed E-state index contributed by atoms with van der Waals surface area (Å²) in [5.74, 6) is -0.237. The summed E-state index contributed by atoms with van der Waals surface area (Å²) in [6.07, 6.45) is 1.68. The topological polar surface area (TPSA) is 45.6 Å². The average molecular weight is 529 g/mol. The quantitative estimate of drug-likeness (QED) is 0.216. The smallest absolute Gasteiger partial charge is 0.267 e. The van der Waals surface area contributed by atoms with Crippen LogP contribution in [0.3, 0.4) is 0 Å². The summed E-state index contributed by atoms with van der Waals surface area (Å²) in [7, 11) is 0. The van der Waals surface area contributed by atoms with Gasteiger partial charge in [0.25, 0.3) is 5.91 Å². The number of amides is 1. The molecule has 3 aromatic carbocycles. The summed E-state index contributed by atoms with van der Waals surface area (Å²) in [6.45, 7) is 2.03. The zero-order valence-electron chi connectivity index (χ0n) is 15.3. The van der Waals surface area contributed by atoms with Crippen molar-refractivity contribution < 1.29 is 4.79 Å². The molecule has 29 heavy (non-hydrogen) atoms. The lowest BCUT2D eigenvalue weighted by Crippen LogP contribution is -2.25. The van der Waals surface area contributed by atoms with Gasteiger partial charge in [-0.05, 0) is 55.0 Å². The number of benzene rings is 3. The van der Waals surface area contributed by atoms with Crippen molar-refractivity contribution in [1.82, 2.24) is 4.98 Å². The number of aryl methyl sites for hydroxylation is 1. The Morgan fingerprint density at radius 3 is 2.41 bits per heavy atom. The van der Waals surface area contributed by atoms with Crippen LogP contribution in [0.4, 0.5) is 5.13 Å². The van der Waals surface area contributed by atoms with Gasteiger partial charge in [-0.2, -0.15) is 10.1 Å². The number of rotatable bonds is 4. The Kier molecular flexibility index (Phi) is 5.89. The maximum absolute atomic E-state index is 13.2. The molecule has 0 N–H and O–H groups in total. The highest BCUT2D eigenvalue weighted by Gasteiger charge is 2.21. The molecule has 0 radical (unpaired) electrons. The van der Waals surface area contributed by atoms with E-state index >= 15 is 0 Å². The number of hydrogen-bond acceptors (Lipinski definition) is 4. The van der Waals surface area contributed by atoms with E-state index in [9.17, 15) is 4.79 Å². The molecule has 0 aliphatic rings. The van der Waals surface area contributed by atoms with Gasteiger partial charge in [-0.1, -0.05) is 73.0 Å². The first kappa shape index (κ1) is 19.9. The maximum atomic E-state index is 13.2. The SMILES string of the molecule is Cc1ccc(/C=N/N(C(=O)c2ccc(Br)cc2)c2nc3ccc(Br)cc3s2)cc1. The lowest BCUT2D eigenvalue weighted by Gasteiger charge is -2.14. The summed E-state index contributed by atoms with van der Waals surface area (Å²) < 4.78 is 2.86. The minimum atomic E-state index is -0.237. The molecule has 1 aromatic heterocycles. The van der Waals surface area contributed by atoms with E-state index in [4.69, 9.17) is 0 Å². The zero-order chi connectivity index (χ0) is 20.4.